The van der Waals surface area contributed by atoms with Gasteiger partial charge in [0, 0.05) is 24.7 Å². The Labute approximate surface area is 190 Å². The number of para-hydroxylation sites is 1. The molecule has 31 heavy (non-hydrogen) atoms. The lowest BCUT2D eigenvalue weighted by molar-refractivity contribution is -0.122. The van der Waals surface area contributed by atoms with Crippen molar-refractivity contribution >= 4 is 49.1 Å². The molecule has 0 aliphatic carbocycles. The van der Waals surface area contributed by atoms with Gasteiger partial charge in [0.25, 0.3) is 5.91 Å². The molecule has 162 valence electrons. The molecule has 2 heterocycles. The molecule has 1 aliphatic rings. The van der Waals surface area contributed by atoms with Crippen molar-refractivity contribution in [1.29, 1.82) is 0 Å². The van der Waals surface area contributed by atoms with Gasteiger partial charge in [-0.15, -0.1) is 6.58 Å². The number of sulfonamides is 1. The lowest BCUT2D eigenvalue weighted by Crippen LogP contribution is -2.42. The van der Waals surface area contributed by atoms with Gasteiger partial charge in [-0.1, -0.05) is 41.1 Å². The second kappa shape index (κ2) is 9.08. The van der Waals surface area contributed by atoms with Crippen LogP contribution in [0, 0.1) is 5.92 Å². The fourth-order valence-electron chi connectivity index (χ4n) is 3.72. The van der Waals surface area contributed by atoms with E-state index in [2.05, 4.69) is 11.6 Å². The number of benzene rings is 2. The van der Waals surface area contributed by atoms with Crippen molar-refractivity contribution in [2.75, 3.05) is 13.1 Å². The standard InChI is InChI=1S/C22H22ClN3O3S2/c1-2-13-26-19-7-3-4-8-20(19)30-22(26)24-21(27)16-6-5-14-25(15-16)31(28,29)18-11-9-17(23)10-12-18/h2-4,7-12,16H,1,5-6,13-15H2. The molecule has 1 aliphatic heterocycles. The number of aromatic nitrogens is 1. The molecule has 4 rings (SSSR count). The lowest BCUT2D eigenvalue weighted by atomic mass is 9.99. The Bertz CT molecular complexity index is 1290. The van der Waals surface area contributed by atoms with Gasteiger partial charge in [0.05, 0.1) is 21.0 Å². The van der Waals surface area contributed by atoms with Crippen LogP contribution in [-0.2, 0) is 21.4 Å². The highest BCUT2D eigenvalue weighted by atomic mass is 35.5. The summed E-state index contributed by atoms with van der Waals surface area (Å²) < 4.78 is 30.4. The summed E-state index contributed by atoms with van der Waals surface area (Å²) in [5.41, 5.74) is 0.995. The maximum atomic E-state index is 13.0. The molecule has 9 heteroatoms. The number of rotatable bonds is 5. The quantitative estimate of drug-likeness (QED) is 0.522. The van der Waals surface area contributed by atoms with Gasteiger partial charge in [-0.2, -0.15) is 9.30 Å². The molecule has 2 aromatic carbocycles. The SMILES string of the molecule is C=CCn1c(=NC(=O)C2CCCN(S(=O)(=O)c3ccc(Cl)cc3)C2)sc2ccccc21. The molecule has 0 saturated carbocycles. The zero-order chi connectivity index (χ0) is 22.0. The maximum absolute atomic E-state index is 13.0. The number of allylic oxidation sites excluding steroid dienone is 1. The van der Waals surface area contributed by atoms with Crippen LogP contribution in [0.2, 0.25) is 5.02 Å². The monoisotopic (exact) mass is 475 g/mol. The highest BCUT2D eigenvalue weighted by Gasteiger charge is 2.33. The van der Waals surface area contributed by atoms with E-state index < -0.39 is 15.9 Å². The van der Waals surface area contributed by atoms with E-state index in [9.17, 15) is 13.2 Å². The molecule has 0 spiro atoms. The van der Waals surface area contributed by atoms with Crippen LogP contribution >= 0.6 is 22.9 Å². The number of thiazole rings is 1. The maximum Gasteiger partial charge on any atom is 0.252 e. The molecule has 1 saturated heterocycles. The second-order valence-electron chi connectivity index (χ2n) is 7.36. The van der Waals surface area contributed by atoms with Crippen LogP contribution in [0.25, 0.3) is 10.2 Å². The van der Waals surface area contributed by atoms with E-state index in [-0.39, 0.29) is 17.3 Å². The smallest absolute Gasteiger partial charge is 0.252 e. The minimum Gasteiger partial charge on any atom is -0.313 e. The Hall–Kier alpha value is -2.26. The molecule has 6 nitrogen and oxygen atoms in total. The van der Waals surface area contributed by atoms with Crippen molar-refractivity contribution in [3.05, 3.63) is 71.0 Å². The summed E-state index contributed by atoms with van der Waals surface area (Å²) in [6.45, 7) is 4.85. The third-order valence-electron chi connectivity index (χ3n) is 5.29. The molecule has 1 fully saturated rings. The van der Waals surface area contributed by atoms with Crippen molar-refractivity contribution in [1.82, 2.24) is 8.87 Å². The third-order valence-corrected chi connectivity index (χ3v) is 8.48. The summed E-state index contributed by atoms with van der Waals surface area (Å²) in [7, 11) is -3.69. The zero-order valence-corrected chi connectivity index (χ0v) is 19.2. The Balaban J connectivity index is 1.61. The number of nitrogens with zero attached hydrogens (tertiary/aromatic N) is 3. The molecule has 0 bridgehead atoms. The number of fused-ring (bicyclic) bond motifs is 1. The first-order valence-electron chi connectivity index (χ1n) is 9.93. The van der Waals surface area contributed by atoms with E-state index in [4.69, 9.17) is 11.6 Å². The van der Waals surface area contributed by atoms with Gasteiger partial charge in [-0.3, -0.25) is 4.79 Å². The number of carbonyl (C=O) groups is 1. The average Bonchev–Trinajstić information content (AvgIpc) is 3.11. The molecular weight excluding hydrogens is 454 g/mol. The van der Waals surface area contributed by atoms with Gasteiger partial charge < -0.3 is 4.57 Å². The highest BCUT2D eigenvalue weighted by Crippen LogP contribution is 2.25. The summed E-state index contributed by atoms with van der Waals surface area (Å²) in [4.78, 5) is 18.2. The van der Waals surface area contributed by atoms with Crippen LogP contribution < -0.4 is 4.80 Å². The molecule has 1 unspecified atom stereocenters. The summed E-state index contributed by atoms with van der Waals surface area (Å²) in [6.07, 6.45) is 2.99. The van der Waals surface area contributed by atoms with Crippen LogP contribution in [0.4, 0.5) is 0 Å². The average molecular weight is 476 g/mol. The van der Waals surface area contributed by atoms with E-state index in [1.54, 1.807) is 18.2 Å². The van der Waals surface area contributed by atoms with Crippen molar-refractivity contribution in [3.8, 4) is 0 Å². The number of piperidine rings is 1. The number of hydrogen-bond donors (Lipinski definition) is 0. The van der Waals surface area contributed by atoms with Gasteiger partial charge in [0.15, 0.2) is 4.80 Å². The Morgan fingerprint density at radius 2 is 1.97 bits per heavy atom. The molecule has 3 aromatic rings. The van der Waals surface area contributed by atoms with Crippen LogP contribution in [0.5, 0.6) is 0 Å². The van der Waals surface area contributed by atoms with E-state index in [0.29, 0.717) is 35.8 Å². The normalized spacial score (nSPS) is 18.4. The van der Waals surface area contributed by atoms with E-state index in [1.807, 2.05) is 28.8 Å². The van der Waals surface area contributed by atoms with Crippen LogP contribution in [0.3, 0.4) is 0 Å². The second-order valence-corrected chi connectivity index (χ2v) is 10.7. The predicted octanol–water partition coefficient (Wildman–Crippen LogP) is 4.07. The van der Waals surface area contributed by atoms with Crippen molar-refractivity contribution < 1.29 is 13.2 Å². The van der Waals surface area contributed by atoms with Gasteiger partial charge in [0.1, 0.15) is 0 Å². The van der Waals surface area contributed by atoms with E-state index in [1.165, 1.54) is 27.8 Å². The summed E-state index contributed by atoms with van der Waals surface area (Å²) >= 11 is 7.33. The fraction of sp³-hybridized carbons (Fsp3) is 0.273. The summed E-state index contributed by atoms with van der Waals surface area (Å²) in [6, 6.07) is 14.0. The predicted molar refractivity (Wildman–Crippen MR) is 124 cm³/mol. The van der Waals surface area contributed by atoms with Crippen molar-refractivity contribution in [2.24, 2.45) is 10.9 Å². The van der Waals surface area contributed by atoms with Crippen LogP contribution in [0.1, 0.15) is 12.8 Å². The topological polar surface area (TPSA) is 71.7 Å². The van der Waals surface area contributed by atoms with Crippen LogP contribution in [-0.4, -0.2) is 36.3 Å². The molecule has 0 N–H and O–H groups in total. The Morgan fingerprint density at radius 1 is 1.23 bits per heavy atom. The van der Waals surface area contributed by atoms with Crippen molar-refractivity contribution in [3.63, 3.8) is 0 Å². The third kappa shape index (κ3) is 4.52. The number of carbonyl (C=O) groups excluding carboxylic acids is 1. The summed E-state index contributed by atoms with van der Waals surface area (Å²) in [5.74, 6) is -0.765. The van der Waals surface area contributed by atoms with Crippen LogP contribution in [0.15, 0.2) is 71.1 Å². The Morgan fingerprint density at radius 3 is 2.71 bits per heavy atom. The number of amides is 1. The highest BCUT2D eigenvalue weighted by molar-refractivity contribution is 7.89. The minimum atomic E-state index is -3.69. The molecule has 1 amide bonds. The largest absolute Gasteiger partial charge is 0.313 e. The van der Waals surface area contributed by atoms with Gasteiger partial charge in [0.2, 0.25) is 10.0 Å². The van der Waals surface area contributed by atoms with E-state index >= 15 is 0 Å². The number of hydrogen-bond acceptors (Lipinski definition) is 4. The Kier molecular flexibility index (Phi) is 6.43. The first-order valence-corrected chi connectivity index (χ1v) is 12.6. The first kappa shape index (κ1) is 22.0. The van der Waals surface area contributed by atoms with Crippen molar-refractivity contribution in [2.45, 2.75) is 24.3 Å². The molecule has 1 aromatic heterocycles. The lowest BCUT2D eigenvalue weighted by Gasteiger charge is -2.30. The first-order chi connectivity index (χ1) is 14.9. The zero-order valence-electron chi connectivity index (χ0n) is 16.8. The molecule has 0 radical (unpaired) electrons. The fourth-order valence-corrected chi connectivity index (χ4v) is 6.41. The van der Waals surface area contributed by atoms with Gasteiger partial charge in [-0.25, -0.2) is 8.42 Å². The molecular formula is C22H22ClN3O3S2. The number of halogens is 1. The summed E-state index contributed by atoms with van der Waals surface area (Å²) in [5, 5.41) is 0.473. The van der Waals surface area contributed by atoms with Gasteiger partial charge in [-0.05, 0) is 49.2 Å². The minimum absolute atomic E-state index is 0.125. The van der Waals surface area contributed by atoms with Gasteiger partial charge >= 0.3 is 0 Å². The van der Waals surface area contributed by atoms with E-state index in [0.717, 1.165) is 10.2 Å². The molecule has 1 atom stereocenters.